The van der Waals surface area contributed by atoms with Crippen molar-refractivity contribution >= 4 is 21.4 Å². The fourth-order valence-electron chi connectivity index (χ4n) is 1.50. The highest BCUT2D eigenvalue weighted by atomic mass is 32.2. The van der Waals surface area contributed by atoms with Crippen molar-refractivity contribution in [2.45, 2.75) is 6.92 Å². The molecular formula is C10H11N5O2S. The van der Waals surface area contributed by atoms with Gasteiger partial charge in [0.2, 0.25) is 5.82 Å². The number of rotatable bonds is 2. The Balaban J connectivity index is 2.90. The monoisotopic (exact) mass is 265 g/mol. The first-order valence-corrected chi connectivity index (χ1v) is 6.46. The van der Waals surface area contributed by atoms with Crippen LogP contribution in [0.5, 0.6) is 0 Å². The van der Waals surface area contributed by atoms with Gasteiger partial charge in [-0.3, -0.25) is 0 Å². The van der Waals surface area contributed by atoms with Crippen LogP contribution in [0.15, 0.2) is 12.3 Å². The van der Waals surface area contributed by atoms with E-state index in [9.17, 15) is 8.42 Å². The highest BCUT2D eigenvalue weighted by Gasteiger charge is 2.25. The molecule has 0 amide bonds. The smallest absolute Gasteiger partial charge is 0.235 e. The SMILES string of the molecule is Cc1cnc2c(c1)nc(C#N)n2S(=O)(=O)N(C)C. The number of pyridine rings is 1. The predicted octanol–water partition coefficient (Wildman–Crippen LogP) is 0.266. The second kappa shape index (κ2) is 4.04. The molecule has 0 spiro atoms. The molecule has 0 saturated heterocycles. The summed E-state index contributed by atoms with van der Waals surface area (Å²) in [5.41, 5.74) is 1.39. The number of hydrogen-bond acceptors (Lipinski definition) is 5. The summed E-state index contributed by atoms with van der Waals surface area (Å²) in [5.74, 6) is -0.197. The zero-order valence-corrected chi connectivity index (χ0v) is 10.9. The molecule has 0 atom stereocenters. The number of imidazole rings is 1. The topological polar surface area (TPSA) is 91.9 Å². The quantitative estimate of drug-likeness (QED) is 0.777. The van der Waals surface area contributed by atoms with Gasteiger partial charge in [-0.2, -0.15) is 22.0 Å². The molecule has 2 aromatic rings. The number of fused-ring (bicyclic) bond motifs is 1. The van der Waals surface area contributed by atoms with Crippen LogP contribution in [-0.4, -0.2) is 40.8 Å². The maximum absolute atomic E-state index is 12.1. The van der Waals surface area contributed by atoms with Gasteiger partial charge in [0, 0.05) is 20.3 Å². The summed E-state index contributed by atoms with van der Waals surface area (Å²) in [7, 11) is -1.04. The van der Waals surface area contributed by atoms with Gasteiger partial charge >= 0.3 is 10.2 Å². The molecule has 0 aromatic carbocycles. The van der Waals surface area contributed by atoms with E-state index >= 15 is 0 Å². The first-order chi connectivity index (χ1) is 8.37. The minimum atomic E-state index is -3.81. The van der Waals surface area contributed by atoms with Gasteiger partial charge in [-0.1, -0.05) is 0 Å². The van der Waals surface area contributed by atoms with Crippen LogP contribution >= 0.6 is 0 Å². The minimum absolute atomic E-state index is 0.158. The summed E-state index contributed by atoms with van der Waals surface area (Å²) in [4.78, 5) is 8.02. The van der Waals surface area contributed by atoms with Crippen LogP contribution < -0.4 is 0 Å². The summed E-state index contributed by atoms with van der Waals surface area (Å²) in [5, 5.41) is 8.99. The number of nitriles is 1. The standard InChI is InChI=1S/C10H11N5O2S/c1-7-4-8-10(12-6-7)15(9(5-11)13-8)18(16,17)14(2)3/h4,6H,1-3H3. The second-order valence-electron chi connectivity index (χ2n) is 3.96. The van der Waals surface area contributed by atoms with Gasteiger partial charge in [0.05, 0.1) is 0 Å². The Morgan fingerprint density at radius 1 is 1.44 bits per heavy atom. The Bertz CT molecular complexity index is 754. The average Bonchev–Trinajstić information content (AvgIpc) is 2.66. The fraction of sp³-hybridized carbons (Fsp3) is 0.300. The van der Waals surface area contributed by atoms with E-state index in [1.165, 1.54) is 20.3 Å². The van der Waals surface area contributed by atoms with Crippen molar-refractivity contribution in [1.29, 1.82) is 5.26 Å². The van der Waals surface area contributed by atoms with Crippen molar-refractivity contribution in [3.63, 3.8) is 0 Å². The summed E-state index contributed by atoms with van der Waals surface area (Å²) in [6, 6.07) is 3.46. The van der Waals surface area contributed by atoms with Crippen molar-refractivity contribution in [2.24, 2.45) is 0 Å². The number of nitrogens with zero attached hydrogens (tertiary/aromatic N) is 5. The summed E-state index contributed by atoms with van der Waals surface area (Å²) in [6.45, 7) is 1.82. The van der Waals surface area contributed by atoms with E-state index < -0.39 is 10.2 Å². The molecule has 0 aliphatic rings. The van der Waals surface area contributed by atoms with Crippen LogP contribution in [0.1, 0.15) is 11.4 Å². The van der Waals surface area contributed by atoms with Crippen molar-refractivity contribution in [1.82, 2.24) is 18.2 Å². The Morgan fingerprint density at radius 2 is 2.11 bits per heavy atom. The van der Waals surface area contributed by atoms with Crippen LogP contribution in [0.4, 0.5) is 0 Å². The summed E-state index contributed by atoms with van der Waals surface area (Å²) >= 11 is 0. The Morgan fingerprint density at radius 3 is 2.67 bits per heavy atom. The molecule has 18 heavy (non-hydrogen) atoms. The third-order valence-corrected chi connectivity index (χ3v) is 4.12. The maximum Gasteiger partial charge on any atom is 0.311 e. The van der Waals surface area contributed by atoms with E-state index in [0.29, 0.717) is 5.52 Å². The van der Waals surface area contributed by atoms with Crippen LogP contribution in [0.25, 0.3) is 11.2 Å². The third-order valence-electron chi connectivity index (χ3n) is 2.39. The van der Waals surface area contributed by atoms with Crippen LogP contribution in [0, 0.1) is 18.3 Å². The molecular weight excluding hydrogens is 254 g/mol. The number of aromatic nitrogens is 3. The normalized spacial score (nSPS) is 11.9. The van der Waals surface area contributed by atoms with E-state index in [0.717, 1.165) is 13.8 Å². The predicted molar refractivity (Wildman–Crippen MR) is 65.0 cm³/mol. The third kappa shape index (κ3) is 1.73. The van der Waals surface area contributed by atoms with E-state index in [2.05, 4.69) is 9.97 Å². The van der Waals surface area contributed by atoms with Crippen molar-refractivity contribution < 1.29 is 8.42 Å². The van der Waals surface area contributed by atoms with Crippen molar-refractivity contribution in [2.75, 3.05) is 14.1 Å². The molecule has 0 N–H and O–H groups in total. The fourth-order valence-corrected chi connectivity index (χ4v) is 2.48. The Labute approximate surface area is 104 Å². The molecule has 0 fully saturated rings. The van der Waals surface area contributed by atoms with Crippen molar-refractivity contribution in [3.05, 3.63) is 23.7 Å². The molecule has 0 radical (unpaired) electrons. The molecule has 2 heterocycles. The molecule has 2 rings (SSSR count). The molecule has 0 saturated carbocycles. The van der Waals surface area contributed by atoms with Gasteiger partial charge in [-0.05, 0) is 18.6 Å². The summed E-state index contributed by atoms with van der Waals surface area (Å²) in [6.07, 6.45) is 1.53. The largest absolute Gasteiger partial charge is 0.311 e. The minimum Gasteiger partial charge on any atom is -0.235 e. The zero-order valence-electron chi connectivity index (χ0n) is 10.1. The lowest BCUT2D eigenvalue weighted by Crippen LogP contribution is -2.29. The molecule has 0 aliphatic heterocycles. The molecule has 7 nitrogen and oxygen atoms in total. The average molecular weight is 265 g/mol. The molecule has 94 valence electrons. The first kappa shape index (κ1) is 12.5. The molecule has 0 bridgehead atoms. The maximum atomic E-state index is 12.1. The highest BCUT2D eigenvalue weighted by molar-refractivity contribution is 7.87. The van der Waals surface area contributed by atoms with E-state index in [4.69, 9.17) is 5.26 Å². The number of aryl methyl sites for hydroxylation is 1. The van der Waals surface area contributed by atoms with Crippen LogP contribution in [0.2, 0.25) is 0 Å². The van der Waals surface area contributed by atoms with Crippen LogP contribution in [-0.2, 0) is 10.2 Å². The van der Waals surface area contributed by atoms with Gasteiger partial charge in [0.15, 0.2) is 5.65 Å². The van der Waals surface area contributed by atoms with Crippen LogP contribution in [0.3, 0.4) is 0 Å². The number of hydrogen-bond donors (Lipinski definition) is 0. The highest BCUT2D eigenvalue weighted by Crippen LogP contribution is 2.18. The van der Waals surface area contributed by atoms with Gasteiger partial charge in [-0.25, -0.2) is 9.97 Å². The van der Waals surface area contributed by atoms with Gasteiger partial charge in [-0.15, -0.1) is 0 Å². The van der Waals surface area contributed by atoms with Gasteiger partial charge in [0.25, 0.3) is 0 Å². The first-order valence-electron chi connectivity index (χ1n) is 5.06. The zero-order chi connectivity index (χ0) is 13.5. The second-order valence-corrected chi connectivity index (χ2v) is 5.95. The van der Waals surface area contributed by atoms with E-state index in [-0.39, 0.29) is 11.5 Å². The van der Waals surface area contributed by atoms with Gasteiger partial charge < -0.3 is 0 Å². The molecule has 8 heteroatoms. The Hall–Kier alpha value is -1.98. The van der Waals surface area contributed by atoms with E-state index in [1.54, 1.807) is 12.1 Å². The molecule has 0 aliphatic carbocycles. The summed E-state index contributed by atoms with van der Waals surface area (Å²) < 4.78 is 26.1. The van der Waals surface area contributed by atoms with Gasteiger partial charge in [0.1, 0.15) is 11.6 Å². The lowest BCUT2D eigenvalue weighted by molar-refractivity contribution is 0.511. The Kier molecular flexibility index (Phi) is 2.80. The van der Waals surface area contributed by atoms with E-state index in [1.807, 2.05) is 6.92 Å². The lowest BCUT2D eigenvalue weighted by Gasteiger charge is -2.12. The lowest BCUT2D eigenvalue weighted by atomic mass is 10.3. The molecule has 0 unspecified atom stereocenters. The van der Waals surface area contributed by atoms with Crippen molar-refractivity contribution in [3.8, 4) is 6.07 Å². The molecule has 2 aromatic heterocycles.